The Morgan fingerprint density at radius 2 is 2.17 bits per heavy atom. The zero-order valence-electron chi connectivity index (χ0n) is 10.7. The van der Waals surface area contributed by atoms with Gasteiger partial charge >= 0.3 is 6.01 Å². The summed E-state index contributed by atoms with van der Waals surface area (Å²) >= 11 is 5.77. The van der Waals surface area contributed by atoms with E-state index in [0.717, 1.165) is 19.3 Å². The minimum absolute atomic E-state index is 0.106. The van der Waals surface area contributed by atoms with Crippen LogP contribution in [0.25, 0.3) is 0 Å². The van der Waals surface area contributed by atoms with E-state index in [1.54, 1.807) is 6.92 Å². The maximum Gasteiger partial charge on any atom is 0.322 e. The number of hydrogen-bond donors (Lipinski definition) is 2. The van der Waals surface area contributed by atoms with Crippen molar-refractivity contribution < 1.29 is 9.84 Å². The Hall–Kier alpha value is -1.14. The number of aromatic nitrogens is 3. The fourth-order valence-corrected chi connectivity index (χ4v) is 1.42. The topological polar surface area (TPSA) is 80.2 Å². The van der Waals surface area contributed by atoms with Gasteiger partial charge in [-0.3, -0.25) is 0 Å². The van der Waals surface area contributed by atoms with Crippen molar-refractivity contribution in [3.63, 3.8) is 0 Å². The quantitative estimate of drug-likeness (QED) is 0.705. The van der Waals surface area contributed by atoms with Gasteiger partial charge in [0.05, 0.1) is 12.7 Å². The smallest absolute Gasteiger partial charge is 0.322 e. The largest absolute Gasteiger partial charge is 0.463 e. The minimum Gasteiger partial charge on any atom is -0.463 e. The van der Waals surface area contributed by atoms with Crippen LogP contribution in [0, 0.1) is 0 Å². The predicted octanol–water partition coefficient (Wildman–Crippen LogP) is 1.89. The van der Waals surface area contributed by atoms with Gasteiger partial charge in [-0.2, -0.15) is 15.0 Å². The van der Waals surface area contributed by atoms with Gasteiger partial charge in [-0.1, -0.05) is 6.92 Å². The summed E-state index contributed by atoms with van der Waals surface area (Å²) in [6.45, 7) is 4.97. The second kappa shape index (κ2) is 8.05. The van der Waals surface area contributed by atoms with Crippen LogP contribution in [-0.4, -0.2) is 39.3 Å². The number of aliphatic hydroxyl groups excluding tert-OH is 1. The average Bonchev–Trinajstić information content (AvgIpc) is 2.31. The highest BCUT2D eigenvalue weighted by Gasteiger charge is 2.05. The first-order valence-electron chi connectivity index (χ1n) is 6.08. The molecule has 0 saturated heterocycles. The van der Waals surface area contributed by atoms with E-state index in [4.69, 9.17) is 21.4 Å². The van der Waals surface area contributed by atoms with Gasteiger partial charge in [0.1, 0.15) is 0 Å². The van der Waals surface area contributed by atoms with Gasteiger partial charge in [0.15, 0.2) is 0 Å². The van der Waals surface area contributed by atoms with Crippen molar-refractivity contribution in [2.45, 2.75) is 39.2 Å². The lowest BCUT2D eigenvalue weighted by atomic mass is 10.2. The lowest BCUT2D eigenvalue weighted by Crippen LogP contribution is -2.10. The van der Waals surface area contributed by atoms with Crippen molar-refractivity contribution in [3.05, 3.63) is 5.28 Å². The highest BCUT2D eigenvalue weighted by Crippen LogP contribution is 2.11. The Balaban J connectivity index is 2.46. The zero-order chi connectivity index (χ0) is 13.4. The van der Waals surface area contributed by atoms with Crippen molar-refractivity contribution >= 4 is 17.5 Å². The molecule has 0 bridgehead atoms. The predicted molar refractivity (Wildman–Crippen MR) is 70.0 cm³/mol. The molecular weight excluding hydrogens is 256 g/mol. The fraction of sp³-hybridized carbons (Fsp3) is 0.727. The number of ether oxygens (including phenoxy) is 1. The first-order chi connectivity index (χ1) is 8.61. The number of rotatable bonds is 8. The zero-order valence-corrected chi connectivity index (χ0v) is 11.4. The molecule has 7 heteroatoms. The molecule has 2 N–H and O–H groups in total. The number of hydrogen-bond acceptors (Lipinski definition) is 6. The monoisotopic (exact) mass is 274 g/mol. The van der Waals surface area contributed by atoms with E-state index in [9.17, 15) is 0 Å². The van der Waals surface area contributed by atoms with E-state index in [-0.39, 0.29) is 17.4 Å². The maximum absolute atomic E-state index is 9.12. The van der Waals surface area contributed by atoms with Crippen LogP contribution in [0.3, 0.4) is 0 Å². The summed E-state index contributed by atoms with van der Waals surface area (Å²) in [6, 6.07) is 0.231. The highest BCUT2D eigenvalue weighted by atomic mass is 35.5. The van der Waals surface area contributed by atoms with Crippen molar-refractivity contribution in [3.8, 4) is 6.01 Å². The number of nitrogens with one attached hydrogen (secondary N) is 1. The van der Waals surface area contributed by atoms with E-state index < -0.39 is 0 Å². The molecule has 6 nitrogen and oxygen atoms in total. The van der Waals surface area contributed by atoms with Crippen LogP contribution >= 0.6 is 11.6 Å². The summed E-state index contributed by atoms with van der Waals surface area (Å²) in [4.78, 5) is 11.9. The molecule has 0 saturated carbocycles. The van der Waals surface area contributed by atoms with Crippen LogP contribution < -0.4 is 10.1 Å². The van der Waals surface area contributed by atoms with E-state index in [2.05, 4.69) is 20.3 Å². The van der Waals surface area contributed by atoms with Crippen molar-refractivity contribution in [2.75, 3.05) is 18.5 Å². The van der Waals surface area contributed by atoms with Crippen LogP contribution in [0.4, 0.5) is 5.95 Å². The Bertz CT molecular complexity index is 363. The van der Waals surface area contributed by atoms with Gasteiger partial charge < -0.3 is 15.2 Å². The highest BCUT2D eigenvalue weighted by molar-refractivity contribution is 6.28. The Morgan fingerprint density at radius 3 is 2.83 bits per heavy atom. The number of anilines is 1. The number of aliphatic hydroxyl groups is 1. The van der Waals surface area contributed by atoms with Crippen LogP contribution in [-0.2, 0) is 0 Å². The molecule has 0 amide bonds. The molecule has 0 aromatic carbocycles. The van der Waals surface area contributed by atoms with Crippen LogP contribution in [0.2, 0.25) is 5.28 Å². The molecular formula is C11H19ClN4O2. The molecule has 1 heterocycles. The van der Waals surface area contributed by atoms with E-state index in [1.807, 2.05) is 6.92 Å². The van der Waals surface area contributed by atoms with Crippen LogP contribution in [0.5, 0.6) is 6.01 Å². The molecule has 0 aliphatic rings. The van der Waals surface area contributed by atoms with Gasteiger partial charge in [-0.15, -0.1) is 0 Å². The molecule has 102 valence electrons. The van der Waals surface area contributed by atoms with Crippen LogP contribution in [0.15, 0.2) is 0 Å². The van der Waals surface area contributed by atoms with Crippen molar-refractivity contribution in [2.24, 2.45) is 0 Å². The van der Waals surface area contributed by atoms with Crippen molar-refractivity contribution in [1.29, 1.82) is 0 Å². The SMILES string of the molecule is CCCOc1nc(Cl)nc(NCCCC(C)O)n1. The summed E-state index contributed by atoms with van der Waals surface area (Å²) in [7, 11) is 0. The summed E-state index contributed by atoms with van der Waals surface area (Å²) < 4.78 is 5.29. The van der Waals surface area contributed by atoms with E-state index in [0.29, 0.717) is 19.1 Å². The second-order valence-corrected chi connectivity index (χ2v) is 4.32. The standard InChI is InChI=1S/C11H19ClN4O2/c1-3-7-18-11-15-9(12)14-10(16-11)13-6-4-5-8(2)17/h8,17H,3-7H2,1-2H3,(H,13,14,15,16). The summed E-state index contributed by atoms with van der Waals surface area (Å²) in [5.41, 5.74) is 0. The van der Waals surface area contributed by atoms with Gasteiger partial charge in [0, 0.05) is 6.54 Å². The molecule has 1 unspecified atom stereocenters. The Morgan fingerprint density at radius 1 is 1.39 bits per heavy atom. The molecule has 1 aromatic rings. The van der Waals surface area contributed by atoms with Gasteiger partial charge in [-0.05, 0) is 37.8 Å². The Labute approximate surface area is 112 Å². The average molecular weight is 275 g/mol. The third-order valence-corrected chi connectivity index (χ3v) is 2.27. The van der Waals surface area contributed by atoms with Gasteiger partial charge in [0.25, 0.3) is 0 Å². The Kier molecular flexibility index (Phi) is 6.67. The van der Waals surface area contributed by atoms with E-state index >= 15 is 0 Å². The molecule has 18 heavy (non-hydrogen) atoms. The van der Waals surface area contributed by atoms with Gasteiger partial charge in [-0.25, -0.2) is 0 Å². The number of halogens is 1. The van der Waals surface area contributed by atoms with Gasteiger partial charge in [0.2, 0.25) is 11.2 Å². The summed E-state index contributed by atoms with van der Waals surface area (Å²) in [5, 5.41) is 12.3. The second-order valence-electron chi connectivity index (χ2n) is 3.98. The first-order valence-corrected chi connectivity index (χ1v) is 6.46. The summed E-state index contributed by atoms with van der Waals surface area (Å²) in [6.07, 6.45) is 2.13. The molecule has 0 radical (unpaired) electrons. The molecule has 1 atom stereocenters. The third kappa shape index (κ3) is 5.97. The molecule has 0 aliphatic carbocycles. The number of nitrogens with zero attached hydrogens (tertiary/aromatic N) is 3. The van der Waals surface area contributed by atoms with Crippen molar-refractivity contribution in [1.82, 2.24) is 15.0 Å². The lowest BCUT2D eigenvalue weighted by Gasteiger charge is -2.08. The normalized spacial score (nSPS) is 12.2. The molecule has 0 spiro atoms. The molecule has 0 aliphatic heterocycles. The summed E-state index contributed by atoms with van der Waals surface area (Å²) in [5.74, 6) is 0.395. The van der Waals surface area contributed by atoms with E-state index in [1.165, 1.54) is 0 Å². The van der Waals surface area contributed by atoms with Crippen LogP contribution in [0.1, 0.15) is 33.1 Å². The fourth-order valence-electron chi connectivity index (χ4n) is 1.27. The first kappa shape index (κ1) is 14.9. The third-order valence-electron chi connectivity index (χ3n) is 2.10. The molecule has 0 fully saturated rings. The minimum atomic E-state index is -0.294. The maximum atomic E-state index is 9.12. The molecule has 1 rings (SSSR count). The lowest BCUT2D eigenvalue weighted by molar-refractivity contribution is 0.183. The molecule has 1 aromatic heterocycles.